The number of amides is 1. The number of nitro benzene ring substituents is 2. The van der Waals surface area contributed by atoms with Crippen LogP contribution in [-0.2, 0) is 20.9 Å². The van der Waals surface area contributed by atoms with Gasteiger partial charge in [0.15, 0.2) is 5.69 Å². The average molecular weight is 569 g/mol. The molecular formula is C26H25FN6O8. The molecule has 1 N–H and O–H groups in total. The molecule has 1 amide bonds. The van der Waals surface area contributed by atoms with Crippen molar-refractivity contribution < 1.29 is 33.3 Å². The predicted octanol–water partition coefficient (Wildman–Crippen LogP) is 5.59. The van der Waals surface area contributed by atoms with Crippen LogP contribution in [0, 0.1) is 26.0 Å². The maximum Gasteiger partial charge on any atom is 0.325 e. The summed E-state index contributed by atoms with van der Waals surface area (Å²) >= 11 is 0. The number of azo groups is 1. The number of rotatable bonds is 12. The van der Waals surface area contributed by atoms with Gasteiger partial charge in [-0.3, -0.25) is 29.8 Å². The number of esters is 1. The summed E-state index contributed by atoms with van der Waals surface area (Å²) in [4.78, 5) is 46.6. The molecule has 0 radical (unpaired) electrons. The van der Waals surface area contributed by atoms with Gasteiger partial charge in [0.1, 0.15) is 18.0 Å². The van der Waals surface area contributed by atoms with Crippen LogP contribution in [0.2, 0.25) is 0 Å². The number of hydrogen-bond acceptors (Lipinski definition) is 11. The molecule has 14 nitrogen and oxygen atoms in total. The van der Waals surface area contributed by atoms with Crippen LogP contribution in [-0.4, -0.2) is 42.0 Å². The van der Waals surface area contributed by atoms with Crippen LogP contribution in [0.4, 0.5) is 38.5 Å². The first-order valence-electron chi connectivity index (χ1n) is 12.0. The highest BCUT2D eigenvalue weighted by Crippen LogP contribution is 2.41. The molecule has 0 bridgehead atoms. The summed E-state index contributed by atoms with van der Waals surface area (Å²) in [6.45, 7) is 3.16. The number of carbonyl (C=O) groups is 2. The van der Waals surface area contributed by atoms with E-state index in [9.17, 15) is 34.2 Å². The van der Waals surface area contributed by atoms with Crippen molar-refractivity contribution >= 4 is 46.0 Å². The van der Waals surface area contributed by atoms with Gasteiger partial charge < -0.3 is 19.7 Å². The van der Waals surface area contributed by atoms with Crippen molar-refractivity contribution in [3.8, 4) is 5.75 Å². The largest absolute Gasteiger partial charge is 0.494 e. The molecule has 3 aromatic rings. The molecule has 214 valence electrons. The number of ether oxygens (including phenoxy) is 2. The van der Waals surface area contributed by atoms with E-state index in [0.717, 1.165) is 5.56 Å². The van der Waals surface area contributed by atoms with Gasteiger partial charge in [0.25, 0.3) is 0 Å². The minimum absolute atomic E-state index is 0.0374. The van der Waals surface area contributed by atoms with Gasteiger partial charge in [0.2, 0.25) is 11.7 Å². The van der Waals surface area contributed by atoms with E-state index in [-0.39, 0.29) is 36.8 Å². The zero-order valence-electron chi connectivity index (χ0n) is 22.2. The van der Waals surface area contributed by atoms with Crippen LogP contribution >= 0.6 is 0 Å². The molecule has 0 saturated carbocycles. The van der Waals surface area contributed by atoms with Gasteiger partial charge in [0.05, 0.1) is 41.0 Å². The van der Waals surface area contributed by atoms with Crippen molar-refractivity contribution in [3.05, 3.63) is 86.2 Å². The lowest BCUT2D eigenvalue weighted by Gasteiger charge is -2.27. The van der Waals surface area contributed by atoms with Crippen LogP contribution in [0.3, 0.4) is 0 Å². The molecule has 0 heterocycles. The Bertz CT molecular complexity index is 1500. The number of nitrogens with one attached hydrogen (secondary N) is 1. The van der Waals surface area contributed by atoms with Crippen LogP contribution in [0.1, 0.15) is 19.4 Å². The van der Waals surface area contributed by atoms with E-state index in [2.05, 4.69) is 15.5 Å². The molecule has 0 atom stereocenters. The van der Waals surface area contributed by atoms with E-state index >= 15 is 0 Å². The average Bonchev–Trinajstić information content (AvgIpc) is 2.91. The van der Waals surface area contributed by atoms with Crippen molar-refractivity contribution in [2.75, 3.05) is 30.5 Å². The molecule has 0 aliphatic heterocycles. The number of nitro groups is 2. The van der Waals surface area contributed by atoms with E-state index in [4.69, 9.17) is 9.47 Å². The number of methoxy groups -OCH3 is 1. The summed E-state index contributed by atoms with van der Waals surface area (Å²) in [5.74, 6) is -2.16. The quantitative estimate of drug-likeness (QED) is 0.126. The topological polar surface area (TPSA) is 179 Å². The fourth-order valence-corrected chi connectivity index (χ4v) is 3.75. The fourth-order valence-electron chi connectivity index (χ4n) is 3.75. The SMILES string of the molecule is CCOC(=O)CN(Cc1ccccc1)c1cc(NC(C)=O)c(/N=N/c2cc(F)c([N+](=O)[O-])cc2[N+](=O)[O-])cc1OC. The standard InChI is InChI=1S/C26H25FN6O8/c1-4-41-26(35)15-31(14-17-8-6-5-7-9-17)24-11-19(28-16(2)34)20(12-25(24)40-3)29-30-21-10-18(27)22(32(36)37)13-23(21)33(38)39/h5-13H,4,14-15H2,1-3H3,(H,28,34)/b30-29+. The number of carbonyl (C=O) groups excluding carboxylic acids is 2. The van der Waals surface area contributed by atoms with Crippen molar-refractivity contribution in [3.63, 3.8) is 0 Å². The second-order valence-electron chi connectivity index (χ2n) is 8.38. The summed E-state index contributed by atoms with van der Waals surface area (Å²) in [6, 6.07) is 13.0. The lowest BCUT2D eigenvalue weighted by atomic mass is 10.1. The normalized spacial score (nSPS) is 10.7. The Morgan fingerprint density at radius 2 is 1.66 bits per heavy atom. The van der Waals surface area contributed by atoms with Crippen molar-refractivity contribution in [2.45, 2.75) is 20.4 Å². The van der Waals surface area contributed by atoms with E-state index in [1.54, 1.807) is 11.8 Å². The first-order chi connectivity index (χ1) is 19.5. The number of hydrogen-bond donors (Lipinski definition) is 1. The van der Waals surface area contributed by atoms with Gasteiger partial charge in [-0.15, -0.1) is 10.2 Å². The van der Waals surface area contributed by atoms with E-state index in [0.29, 0.717) is 17.8 Å². The van der Waals surface area contributed by atoms with Crippen LogP contribution < -0.4 is 15.0 Å². The highest BCUT2D eigenvalue weighted by Gasteiger charge is 2.25. The van der Waals surface area contributed by atoms with Gasteiger partial charge in [-0.1, -0.05) is 30.3 Å². The van der Waals surface area contributed by atoms with Crippen LogP contribution in [0.5, 0.6) is 5.75 Å². The highest BCUT2D eigenvalue weighted by molar-refractivity contribution is 5.94. The van der Waals surface area contributed by atoms with Crippen LogP contribution in [0.15, 0.2) is 64.8 Å². The second-order valence-corrected chi connectivity index (χ2v) is 8.38. The number of halogens is 1. The molecule has 3 aromatic carbocycles. The van der Waals surface area contributed by atoms with Gasteiger partial charge in [-0.25, -0.2) is 0 Å². The molecule has 0 aliphatic rings. The summed E-state index contributed by atoms with van der Waals surface area (Å²) in [6.07, 6.45) is 0. The molecule has 0 aromatic heterocycles. The minimum atomic E-state index is -1.35. The molecule has 0 saturated heterocycles. The molecule has 41 heavy (non-hydrogen) atoms. The van der Waals surface area contributed by atoms with E-state index < -0.39 is 44.6 Å². The summed E-state index contributed by atoms with van der Waals surface area (Å²) < 4.78 is 24.9. The first kappa shape index (κ1) is 30.1. The van der Waals surface area contributed by atoms with E-state index in [1.165, 1.54) is 26.2 Å². The molecule has 3 rings (SSSR count). The zero-order valence-corrected chi connectivity index (χ0v) is 22.2. The van der Waals surface area contributed by atoms with E-state index in [1.807, 2.05) is 30.3 Å². The Morgan fingerprint density at radius 1 is 1.00 bits per heavy atom. The maximum atomic E-state index is 14.2. The van der Waals surface area contributed by atoms with Gasteiger partial charge >= 0.3 is 17.3 Å². The molecule has 0 fully saturated rings. The third-order valence-corrected chi connectivity index (χ3v) is 5.49. The maximum absolute atomic E-state index is 14.2. The second kappa shape index (κ2) is 13.5. The summed E-state index contributed by atoms with van der Waals surface area (Å²) in [7, 11) is 1.36. The molecule has 0 unspecified atom stereocenters. The Hall–Kier alpha value is -5.47. The van der Waals surface area contributed by atoms with Gasteiger partial charge in [0, 0.05) is 25.6 Å². The van der Waals surface area contributed by atoms with Gasteiger partial charge in [-0.05, 0) is 18.6 Å². The van der Waals surface area contributed by atoms with Crippen molar-refractivity contribution in [1.82, 2.24) is 0 Å². The fraction of sp³-hybridized carbons (Fsp3) is 0.231. The smallest absolute Gasteiger partial charge is 0.325 e. The predicted molar refractivity (Wildman–Crippen MR) is 145 cm³/mol. The summed E-state index contributed by atoms with van der Waals surface area (Å²) in [5.41, 5.74) is -1.26. The Kier molecular flexibility index (Phi) is 9.94. The summed E-state index contributed by atoms with van der Waals surface area (Å²) in [5, 5.41) is 32.8. The minimum Gasteiger partial charge on any atom is -0.494 e. The number of anilines is 2. The molecule has 15 heteroatoms. The first-order valence-corrected chi connectivity index (χ1v) is 12.0. The monoisotopic (exact) mass is 568 g/mol. The lowest BCUT2D eigenvalue weighted by molar-refractivity contribution is -0.395. The van der Waals surface area contributed by atoms with Crippen molar-refractivity contribution in [1.29, 1.82) is 0 Å². The van der Waals surface area contributed by atoms with Gasteiger partial charge in [-0.2, -0.15) is 4.39 Å². The molecule has 0 aliphatic carbocycles. The highest BCUT2D eigenvalue weighted by atomic mass is 19.1. The van der Waals surface area contributed by atoms with Crippen LogP contribution in [0.25, 0.3) is 0 Å². The Balaban J connectivity index is 2.14. The lowest BCUT2D eigenvalue weighted by Crippen LogP contribution is -2.31. The number of nitrogens with zero attached hydrogens (tertiary/aromatic N) is 5. The number of benzene rings is 3. The Labute approximate surface area is 232 Å². The third kappa shape index (κ3) is 7.78. The molecular weight excluding hydrogens is 543 g/mol. The zero-order chi connectivity index (χ0) is 30.1. The third-order valence-electron chi connectivity index (χ3n) is 5.49. The Morgan fingerprint density at radius 3 is 2.24 bits per heavy atom. The molecule has 0 spiro atoms. The van der Waals surface area contributed by atoms with Crippen molar-refractivity contribution in [2.24, 2.45) is 10.2 Å².